The zero-order chi connectivity index (χ0) is 15.9. The minimum atomic E-state index is -1.03. The van der Waals surface area contributed by atoms with E-state index in [-0.39, 0.29) is 11.1 Å². The van der Waals surface area contributed by atoms with Crippen LogP contribution in [0.2, 0.25) is 0 Å². The fourth-order valence-corrected chi connectivity index (χ4v) is 3.41. The Bertz CT molecular complexity index is 712. The second kappa shape index (κ2) is 5.30. The molecule has 1 heterocycles. The number of aryl methyl sites for hydroxylation is 2. The van der Waals surface area contributed by atoms with E-state index in [1.165, 1.54) is 5.56 Å². The Morgan fingerprint density at radius 2 is 1.90 bits per heavy atom. The molecule has 0 atom stereocenters. The van der Waals surface area contributed by atoms with Crippen molar-refractivity contribution in [1.29, 1.82) is 0 Å². The summed E-state index contributed by atoms with van der Waals surface area (Å²) >= 11 is 3.41. The summed E-state index contributed by atoms with van der Waals surface area (Å²) in [6.07, 6.45) is 0. The highest BCUT2D eigenvalue weighted by atomic mass is 79.9. The molecule has 21 heavy (non-hydrogen) atoms. The zero-order valence-electron chi connectivity index (χ0n) is 12.9. The van der Waals surface area contributed by atoms with Gasteiger partial charge in [-0.2, -0.15) is 5.10 Å². The van der Waals surface area contributed by atoms with Crippen LogP contribution in [0.15, 0.2) is 22.7 Å². The summed E-state index contributed by atoms with van der Waals surface area (Å²) in [5.74, 6) is -1.03. The van der Waals surface area contributed by atoms with Crippen molar-refractivity contribution in [2.75, 3.05) is 0 Å². The number of rotatable bonds is 2. The van der Waals surface area contributed by atoms with Gasteiger partial charge in [-0.15, -0.1) is 0 Å². The molecule has 0 aliphatic heterocycles. The summed E-state index contributed by atoms with van der Waals surface area (Å²) in [5.41, 5.74) is 3.78. The number of nitrogens with zero attached hydrogens (tertiary/aromatic N) is 2. The fourth-order valence-electron chi connectivity index (χ4n) is 2.40. The van der Waals surface area contributed by atoms with E-state index in [9.17, 15) is 9.90 Å². The Morgan fingerprint density at radius 1 is 1.29 bits per heavy atom. The molecular formula is C16H19BrN2O2. The Hall–Kier alpha value is -1.62. The monoisotopic (exact) mass is 350 g/mol. The van der Waals surface area contributed by atoms with Crippen LogP contribution in [0.25, 0.3) is 5.69 Å². The second-order valence-corrected chi connectivity index (χ2v) is 7.06. The maximum atomic E-state index is 11.4. The van der Waals surface area contributed by atoms with Crippen molar-refractivity contribution in [3.05, 3.63) is 45.2 Å². The molecule has 0 fully saturated rings. The molecule has 0 bridgehead atoms. The van der Waals surface area contributed by atoms with Gasteiger partial charge in [0.2, 0.25) is 0 Å². The molecule has 0 spiro atoms. The first-order valence-electron chi connectivity index (χ1n) is 6.73. The summed E-state index contributed by atoms with van der Waals surface area (Å²) in [7, 11) is 0. The molecule has 0 saturated heterocycles. The standard InChI is InChI=1S/C16H19BrN2O2/c1-9-6-7-11(10(2)8-9)19-14(16(3,4)5)12(17)13(18-19)15(20)21/h6-8H,1-5H3,(H,20,21). The van der Waals surface area contributed by atoms with E-state index < -0.39 is 5.97 Å². The van der Waals surface area contributed by atoms with Gasteiger partial charge in [0.15, 0.2) is 5.69 Å². The largest absolute Gasteiger partial charge is 0.476 e. The molecule has 1 aromatic heterocycles. The summed E-state index contributed by atoms with van der Waals surface area (Å²) in [4.78, 5) is 11.4. The van der Waals surface area contributed by atoms with Crippen LogP contribution < -0.4 is 0 Å². The number of aromatic carboxylic acids is 1. The van der Waals surface area contributed by atoms with Gasteiger partial charge >= 0.3 is 5.97 Å². The third kappa shape index (κ3) is 2.88. The van der Waals surface area contributed by atoms with E-state index >= 15 is 0 Å². The lowest BCUT2D eigenvalue weighted by atomic mass is 9.91. The average Bonchev–Trinajstić information content (AvgIpc) is 2.66. The fraction of sp³-hybridized carbons (Fsp3) is 0.375. The van der Waals surface area contributed by atoms with Crippen molar-refractivity contribution >= 4 is 21.9 Å². The van der Waals surface area contributed by atoms with Gasteiger partial charge in [-0.25, -0.2) is 9.48 Å². The number of carboxylic acid groups (broad SMARTS) is 1. The molecule has 5 heteroatoms. The molecule has 0 aliphatic rings. The van der Waals surface area contributed by atoms with Gasteiger partial charge in [-0.1, -0.05) is 38.5 Å². The van der Waals surface area contributed by atoms with Gasteiger partial charge in [0.25, 0.3) is 0 Å². The van der Waals surface area contributed by atoms with E-state index in [1.807, 2.05) is 46.8 Å². The molecule has 1 N–H and O–H groups in total. The number of halogens is 1. The summed E-state index contributed by atoms with van der Waals surface area (Å²) in [6.45, 7) is 10.2. The van der Waals surface area contributed by atoms with E-state index in [2.05, 4.69) is 27.1 Å². The molecule has 4 nitrogen and oxygen atoms in total. The van der Waals surface area contributed by atoms with Crippen molar-refractivity contribution < 1.29 is 9.90 Å². The smallest absolute Gasteiger partial charge is 0.357 e. The van der Waals surface area contributed by atoms with Crippen LogP contribution in [-0.2, 0) is 5.41 Å². The van der Waals surface area contributed by atoms with Gasteiger partial charge in [0, 0.05) is 5.41 Å². The summed E-state index contributed by atoms with van der Waals surface area (Å²) in [5, 5.41) is 13.6. The Kier molecular flexibility index (Phi) is 3.97. The Morgan fingerprint density at radius 3 is 2.38 bits per heavy atom. The van der Waals surface area contributed by atoms with Crippen molar-refractivity contribution in [3.63, 3.8) is 0 Å². The summed E-state index contributed by atoms with van der Waals surface area (Å²) in [6, 6.07) is 6.05. The molecule has 0 radical (unpaired) electrons. The SMILES string of the molecule is Cc1ccc(-n2nc(C(=O)O)c(Br)c2C(C)(C)C)c(C)c1. The van der Waals surface area contributed by atoms with Crippen molar-refractivity contribution in [1.82, 2.24) is 9.78 Å². The maximum Gasteiger partial charge on any atom is 0.357 e. The number of carboxylic acids is 1. The highest BCUT2D eigenvalue weighted by molar-refractivity contribution is 9.10. The van der Waals surface area contributed by atoms with E-state index in [1.54, 1.807) is 4.68 Å². The first kappa shape index (κ1) is 15.8. The number of hydrogen-bond acceptors (Lipinski definition) is 2. The summed E-state index contributed by atoms with van der Waals surface area (Å²) < 4.78 is 2.28. The third-order valence-electron chi connectivity index (χ3n) is 3.32. The van der Waals surface area contributed by atoms with Gasteiger partial charge in [0.05, 0.1) is 15.9 Å². The number of hydrogen-bond donors (Lipinski definition) is 1. The quantitative estimate of drug-likeness (QED) is 0.880. The van der Waals surface area contributed by atoms with Crippen LogP contribution in [0.4, 0.5) is 0 Å². The van der Waals surface area contributed by atoms with Crippen molar-refractivity contribution in [2.45, 2.75) is 40.0 Å². The number of carbonyl (C=O) groups is 1. The molecule has 2 rings (SSSR count). The topological polar surface area (TPSA) is 55.1 Å². The minimum absolute atomic E-state index is 0.0416. The van der Waals surface area contributed by atoms with Crippen LogP contribution in [0.1, 0.15) is 48.1 Å². The maximum absolute atomic E-state index is 11.4. The minimum Gasteiger partial charge on any atom is -0.476 e. The predicted octanol–water partition coefficient (Wildman–Crippen LogP) is 4.25. The van der Waals surface area contributed by atoms with Crippen LogP contribution in [-0.4, -0.2) is 20.9 Å². The van der Waals surface area contributed by atoms with Gasteiger partial charge in [-0.3, -0.25) is 0 Å². The third-order valence-corrected chi connectivity index (χ3v) is 4.07. The van der Waals surface area contributed by atoms with Crippen LogP contribution >= 0.6 is 15.9 Å². The number of benzene rings is 1. The zero-order valence-corrected chi connectivity index (χ0v) is 14.4. The van der Waals surface area contributed by atoms with E-state index in [0.717, 1.165) is 16.9 Å². The lowest BCUT2D eigenvalue weighted by Gasteiger charge is -2.22. The van der Waals surface area contributed by atoms with Crippen molar-refractivity contribution in [3.8, 4) is 5.69 Å². The van der Waals surface area contributed by atoms with Crippen LogP contribution in [0.3, 0.4) is 0 Å². The molecule has 0 aliphatic carbocycles. The first-order valence-corrected chi connectivity index (χ1v) is 7.52. The first-order chi connectivity index (χ1) is 9.62. The van der Waals surface area contributed by atoms with Crippen LogP contribution in [0, 0.1) is 13.8 Å². The second-order valence-electron chi connectivity index (χ2n) is 6.27. The van der Waals surface area contributed by atoms with E-state index in [0.29, 0.717) is 4.47 Å². The van der Waals surface area contributed by atoms with Gasteiger partial charge in [0.1, 0.15) is 0 Å². The highest BCUT2D eigenvalue weighted by Gasteiger charge is 2.29. The van der Waals surface area contributed by atoms with Gasteiger partial charge in [-0.05, 0) is 41.4 Å². The molecule has 112 valence electrons. The van der Waals surface area contributed by atoms with E-state index in [4.69, 9.17) is 0 Å². The normalized spacial score (nSPS) is 11.7. The molecular weight excluding hydrogens is 332 g/mol. The average molecular weight is 351 g/mol. The lowest BCUT2D eigenvalue weighted by Crippen LogP contribution is -2.18. The molecule has 0 saturated carbocycles. The molecule has 1 aromatic carbocycles. The van der Waals surface area contributed by atoms with Gasteiger partial charge < -0.3 is 5.11 Å². The predicted molar refractivity (Wildman–Crippen MR) is 86.4 cm³/mol. The highest BCUT2D eigenvalue weighted by Crippen LogP contribution is 2.34. The lowest BCUT2D eigenvalue weighted by molar-refractivity contribution is 0.0689. The Balaban J connectivity index is 2.79. The van der Waals surface area contributed by atoms with Crippen LogP contribution in [0.5, 0.6) is 0 Å². The molecule has 2 aromatic rings. The molecule has 0 amide bonds. The Labute approximate surface area is 132 Å². The number of aromatic nitrogens is 2. The van der Waals surface area contributed by atoms with Crippen molar-refractivity contribution in [2.24, 2.45) is 0 Å². The molecule has 0 unspecified atom stereocenters.